The van der Waals surface area contributed by atoms with Gasteiger partial charge in [-0.2, -0.15) is 5.26 Å². The molecule has 1 aromatic heterocycles. The molecule has 0 unspecified atom stereocenters. The van der Waals surface area contributed by atoms with Crippen LogP contribution < -0.4 is 5.32 Å². The van der Waals surface area contributed by atoms with E-state index in [1.807, 2.05) is 19.1 Å². The summed E-state index contributed by atoms with van der Waals surface area (Å²) in [6, 6.07) is 5.33. The number of amides is 2. The van der Waals surface area contributed by atoms with E-state index in [1.165, 1.54) is 25.7 Å². The van der Waals surface area contributed by atoms with Crippen LogP contribution in [0.15, 0.2) is 18.3 Å². The van der Waals surface area contributed by atoms with Crippen molar-refractivity contribution in [2.24, 2.45) is 5.41 Å². The third-order valence-electron chi connectivity index (χ3n) is 7.15. The quantitative estimate of drug-likeness (QED) is 0.613. The van der Waals surface area contributed by atoms with E-state index in [4.69, 9.17) is 0 Å². The number of aromatic nitrogens is 1. The highest BCUT2D eigenvalue weighted by Crippen LogP contribution is 2.61. The van der Waals surface area contributed by atoms with E-state index in [0.717, 1.165) is 61.6 Å². The fourth-order valence-corrected chi connectivity index (χ4v) is 7.90. The zero-order valence-corrected chi connectivity index (χ0v) is 22.6. The number of rotatable bonds is 5. The number of thioether (sulfide) groups is 2. The summed E-state index contributed by atoms with van der Waals surface area (Å²) in [5, 5.41) is 12.8. The van der Waals surface area contributed by atoms with Crippen molar-refractivity contribution in [2.45, 2.75) is 69.2 Å². The second kappa shape index (κ2) is 9.80. The molecular weight excluding hydrogens is 498 g/mol. The highest BCUT2D eigenvalue weighted by Gasteiger charge is 2.71. The summed E-state index contributed by atoms with van der Waals surface area (Å²) in [4.78, 5) is 57.5. The Morgan fingerprint density at radius 1 is 1.17 bits per heavy atom. The van der Waals surface area contributed by atoms with Crippen LogP contribution in [0.3, 0.4) is 0 Å². The molecule has 3 aliphatic rings. The third-order valence-corrected chi connectivity index (χ3v) is 9.27. The number of carbonyl (C=O) groups is 4. The molecule has 1 N–H and O–H groups in total. The van der Waals surface area contributed by atoms with E-state index in [-0.39, 0.29) is 16.7 Å². The lowest BCUT2D eigenvalue weighted by Crippen LogP contribution is -2.71. The van der Waals surface area contributed by atoms with Gasteiger partial charge in [0.15, 0.2) is 20.0 Å². The number of nitriles is 1. The summed E-state index contributed by atoms with van der Waals surface area (Å²) in [6.45, 7) is 8.05. The van der Waals surface area contributed by atoms with Gasteiger partial charge in [0.2, 0.25) is 0 Å². The van der Waals surface area contributed by atoms with Crippen molar-refractivity contribution >= 4 is 45.6 Å². The Morgan fingerprint density at radius 3 is 2.39 bits per heavy atom. The van der Waals surface area contributed by atoms with Crippen molar-refractivity contribution < 1.29 is 19.2 Å². The number of hydrogen-bond acceptors (Lipinski definition) is 9. The highest BCUT2D eigenvalue weighted by molar-refractivity contribution is 8.16. The molecule has 36 heavy (non-hydrogen) atoms. The Balaban J connectivity index is 1.93. The molecule has 0 saturated carbocycles. The van der Waals surface area contributed by atoms with Gasteiger partial charge in [-0.15, -0.1) is 0 Å². The van der Waals surface area contributed by atoms with Crippen molar-refractivity contribution in [3.63, 3.8) is 0 Å². The van der Waals surface area contributed by atoms with E-state index >= 15 is 0 Å². The molecular formula is C25H31N5O4S2. The molecule has 3 saturated heterocycles. The standard InChI is InChI=1S/C25H31N5O4S2/c1-16-8-9-19(12-27-16)20-24(14-26,15-29-10-6-5-7-11-29)13-25(36-18(3)32)21(33)28-23(4,35-17(2)31)22(34)30(20)25/h8-9,12,20H,5-7,10-11,13,15H2,1-4H3,(H,28,33)/t20-,23-,24+,25-/m0/s1. The van der Waals surface area contributed by atoms with Crippen LogP contribution in [-0.4, -0.2) is 66.2 Å². The lowest BCUT2D eigenvalue weighted by molar-refractivity contribution is -0.152. The molecule has 0 aliphatic carbocycles. The van der Waals surface area contributed by atoms with Gasteiger partial charge in [-0.05, 0) is 63.2 Å². The minimum atomic E-state index is -1.61. The fourth-order valence-electron chi connectivity index (χ4n) is 5.76. The van der Waals surface area contributed by atoms with Crippen molar-refractivity contribution in [3.8, 4) is 6.07 Å². The lowest BCUT2D eigenvalue weighted by Gasteiger charge is -2.48. The van der Waals surface area contributed by atoms with Gasteiger partial charge in [-0.1, -0.05) is 24.2 Å². The molecule has 1 aromatic rings. The number of nitrogens with zero attached hydrogens (tertiary/aromatic N) is 4. The SMILES string of the molecule is CC(=O)S[C@]1(C)NC(=O)[C@@]2(SC(C)=O)C[C@@](C#N)(CN3CCCCC3)[C@H](c3ccc(C)nc3)N2C1=O. The van der Waals surface area contributed by atoms with Gasteiger partial charge in [0.05, 0.1) is 17.5 Å². The minimum absolute atomic E-state index is 0.00577. The van der Waals surface area contributed by atoms with Gasteiger partial charge in [0.25, 0.3) is 11.8 Å². The van der Waals surface area contributed by atoms with Crippen LogP contribution >= 0.6 is 23.5 Å². The summed E-state index contributed by atoms with van der Waals surface area (Å²) in [7, 11) is 0. The Hall–Kier alpha value is -2.42. The number of hydrogen-bond donors (Lipinski definition) is 1. The van der Waals surface area contributed by atoms with Gasteiger partial charge in [-0.25, -0.2) is 0 Å². The first kappa shape index (κ1) is 26.6. The molecule has 4 rings (SSSR count). The number of nitrogens with one attached hydrogen (secondary N) is 1. The summed E-state index contributed by atoms with van der Waals surface area (Å²) in [5.74, 6) is -1.04. The molecule has 11 heteroatoms. The zero-order valence-electron chi connectivity index (χ0n) is 21.0. The average molecular weight is 530 g/mol. The Labute approximate surface area is 219 Å². The van der Waals surface area contributed by atoms with Crippen LogP contribution in [0.2, 0.25) is 0 Å². The molecule has 0 bridgehead atoms. The van der Waals surface area contributed by atoms with Gasteiger partial charge >= 0.3 is 0 Å². The number of aryl methyl sites for hydroxylation is 1. The molecule has 3 fully saturated rings. The van der Waals surface area contributed by atoms with Crippen LogP contribution in [0.4, 0.5) is 0 Å². The third kappa shape index (κ3) is 4.55. The molecule has 192 valence electrons. The maximum Gasteiger partial charge on any atom is 0.261 e. The molecule has 3 aliphatic heterocycles. The van der Waals surface area contributed by atoms with Crippen LogP contribution in [0.5, 0.6) is 0 Å². The van der Waals surface area contributed by atoms with Gasteiger partial charge in [0.1, 0.15) is 0 Å². The summed E-state index contributed by atoms with van der Waals surface area (Å²) in [5.41, 5.74) is 0.235. The summed E-state index contributed by atoms with van der Waals surface area (Å²) >= 11 is 1.51. The second-order valence-electron chi connectivity index (χ2n) is 10.1. The van der Waals surface area contributed by atoms with Gasteiger partial charge in [-0.3, -0.25) is 24.2 Å². The number of fused-ring (bicyclic) bond motifs is 1. The van der Waals surface area contributed by atoms with E-state index < -0.39 is 33.0 Å². The van der Waals surface area contributed by atoms with Crippen molar-refractivity contribution in [1.82, 2.24) is 20.1 Å². The normalized spacial score (nSPS) is 32.5. The predicted molar refractivity (Wildman–Crippen MR) is 137 cm³/mol. The lowest BCUT2D eigenvalue weighted by atomic mass is 9.77. The Kier molecular flexibility index (Phi) is 7.25. The first-order valence-electron chi connectivity index (χ1n) is 12.1. The van der Waals surface area contributed by atoms with Crippen LogP contribution in [-0.2, 0) is 19.2 Å². The molecule has 4 heterocycles. The second-order valence-corrected chi connectivity index (χ2v) is 13.1. The minimum Gasteiger partial charge on any atom is -0.331 e. The largest absolute Gasteiger partial charge is 0.331 e. The molecule has 0 spiro atoms. The maximum atomic E-state index is 14.2. The number of likely N-dealkylation sites (tertiary alicyclic amines) is 1. The number of carbonyl (C=O) groups excluding carboxylic acids is 4. The first-order chi connectivity index (χ1) is 17.0. The molecule has 2 amide bonds. The maximum absolute atomic E-state index is 14.2. The van der Waals surface area contributed by atoms with Gasteiger partial charge in [0, 0.05) is 38.7 Å². The molecule has 0 aromatic carbocycles. The van der Waals surface area contributed by atoms with Crippen LogP contribution in [0.1, 0.15) is 63.8 Å². The van der Waals surface area contributed by atoms with E-state index in [2.05, 4.69) is 21.3 Å². The number of piperidine rings is 1. The van der Waals surface area contributed by atoms with Crippen molar-refractivity contribution in [2.75, 3.05) is 19.6 Å². The Morgan fingerprint density at radius 2 is 1.83 bits per heavy atom. The van der Waals surface area contributed by atoms with Gasteiger partial charge < -0.3 is 15.1 Å². The first-order valence-corrected chi connectivity index (χ1v) is 13.7. The monoisotopic (exact) mass is 529 g/mol. The smallest absolute Gasteiger partial charge is 0.261 e. The fraction of sp³-hybridized carbons (Fsp3) is 0.600. The molecule has 9 nitrogen and oxygen atoms in total. The van der Waals surface area contributed by atoms with E-state index in [9.17, 15) is 24.4 Å². The van der Waals surface area contributed by atoms with E-state index in [1.54, 1.807) is 6.20 Å². The van der Waals surface area contributed by atoms with Crippen molar-refractivity contribution in [1.29, 1.82) is 5.26 Å². The molecule has 0 radical (unpaired) electrons. The predicted octanol–water partition coefficient (Wildman–Crippen LogP) is 2.76. The summed E-state index contributed by atoms with van der Waals surface area (Å²) in [6.07, 6.45) is 4.80. The van der Waals surface area contributed by atoms with Crippen LogP contribution in [0, 0.1) is 23.7 Å². The molecule has 4 atom stereocenters. The van der Waals surface area contributed by atoms with E-state index in [0.29, 0.717) is 12.1 Å². The average Bonchev–Trinajstić information content (AvgIpc) is 3.09. The number of piperazine rings is 1. The number of pyridine rings is 1. The topological polar surface area (TPSA) is 123 Å². The van der Waals surface area contributed by atoms with Crippen LogP contribution in [0.25, 0.3) is 0 Å². The summed E-state index contributed by atoms with van der Waals surface area (Å²) < 4.78 is 0. The van der Waals surface area contributed by atoms with Crippen molar-refractivity contribution in [3.05, 3.63) is 29.6 Å². The highest BCUT2D eigenvalue weighted by atomic mass is 32.2. The zero-order chi connectivity index (χ0) is 26.3. The Bertz CT molecular complexity index is 1130.